The Morgan fingerprint density at radius 1 is 0.917 bits per heavy atom. The third kappa shape index (κ3) is 7.82. The standard InChI is InChI=1S/C20H38N2O2/c1-2-3-4-5-6-7-8-9-12-20(13-10-11-16-22-20)15-14-19(21,17-23)18-24/h10-11,13,16,22-24H,2-9,12,14-15,17-18,21H2,1H3. The Balaban J connectivity index is 2.34. The Morgan fingerprint density at radius 2 is 1.54 bits per heavy atom. The van der Waals surface area contributed by atoms with Gasteiger partial charge in [-0.1, -0.05) is 70.4 Å². The second kappa shape index (κ2) is 11.7. The van der Waals surface area contributed by atoms with E-state index < -0.39 is 5.54 Å². The highest BCUT2D eigenvalue weighted by atomic mass is 16.3. The highest BCUT2D eigenvalue weighted by Gasteiger charge is 2.31. The summed E-state index contributed by atoms with van der Waals surface area (Å²) < 4.78 is 0. The molecule has 4 heteroatoms. The number of allylic oxidation sites excluding steroid dienone is 2. The van der Waals surface area contributed by atoms with Crippen molar-refractivity contribution in [1.82, 2.24) is 5.32 Å². The van der Waals surface area contributed by atoms with Gasteiger partial charge in [0.1, 0.15) is 0 Å². The van der Waals surface area contributed by atoms with Gasteiger partial charge in [-0.3, -0.25) is 0 Å². The Hall–Kier alpha value is -0.840. The SMILES string of the molecule is CCCCCCCCCCC1(CCC(N)(CO)CO)C=CC=CN1. The Kier molecular flexibility index (Phi) is 10.3. The van der Waals surface area contributed by atoms with Gasteiger partial charge in [0, 0.05) is 0 Å². The van der Waals surface area contributed by atoms with Crippen molar-refractivity contribution in [3.8, 4) is 0 Å². The normalized spacial score (nSPS) is 20.3. The van der Waals surface area contributed by atoms with E-state index in [2.05, 4.69) is 24.4 Å². The van der Waals surface area contributed by atoms with E-state index in [-0.39, 0.29) is 18.8 Å². The minimum Gasteiger partial charge on any atom is -0.394 e. The molecule has 1 unspecified atom stereocenters. The van der Waals surface area contributed by atoms with Crippen LogP contribution in [0.5, 0.6) is 0 Å². The van der Waals surface area contributed by atoms with Gasteiger partial charge in [0.05, 0.1) is 24.3 Å². The molecule has 0 amide bonds. The molecule has 0 fully saturated rings. The smallest absolute Gasteiger partial charge is 0.0633 e. The van der Waals surface area contributed by atoms with E-state index >= 15 is 0 Å². The van der Waals surface area contributed by atoms with Crippen molar-refractivity contribution in [3.05, 3.63) is 24.4 Å². The van der Waals surface area contributed by atoms with Crippen LogP contribution in [0.2, 0.25) is 0 Å². The maximum absolute atomic E-state index is 9.40. The zero-order valence-corrected chi connectivity index (χ0v) is 15.5. The fraction of sp³-hybridized carbons (Fsp3) is 0.800. The lowest BCUT2D eigenvalue weighted by Crippen LogP contribution is -2.50. The summed E-state index contributed by atoms with van der Waals surface area (Å²) in [6.45, 7) is 1.88. The monoisotopic (exact) mass is 338 g/mol. The Labute approximate surface area is 148 Å². The van der Waals surface area contributed by atoms with Crippen LogP contribution in [-0.2, 0) is 0 Å². The number of dihydropyridines is 1. The van der Waals surface area contributed by atoms with Gasteiger partial charge in [-0.15, -0.1) is 0 Å². The van der Waals surface area contributed by atoms with E-state index in [0.29, 0.717) is 6.42 Å². The van der Waals surface area contributed by atoms with Gasteiger partial charge in [-0.2, -0.15) is 0 Å². The zero-order valence-electron chi connectivity index (χ0n) is 15.5. The fourth-order valence-corrected chi connectivity index (χ4v) is 3.25. The molecule has 140 valence electrons. The number of aliphatic hydroxyl groups is 2. The Bertz CT molecular complexity index is 378. The van der Waals surface area contributed by atoms with Crippen molar-refractivity contribution >= 4 is 0 Å². The molecular weight excluding hydrogens is 300 g/mol. The number of unbranched alkanes of at least 4 members (excludes halogenated alkanes) is 7. The molecule has 1 aliphatic rings. The summed E-state index contributed by atoms with van der Waals surface area (Å²) in [5.74, 6) is 0. The van der Waals surface area contributed by atoms with E-state index in [4.69, 9.17) is 5.73 Å². The summed E-state index contributed by atoms with van der Waals surface area (Å²) in [6.07, 6.45) is 21.3. The van der Waals surface area contributed by atoms with Gasteiger partial charge in [0.2, 0.25) is 0 Å². The van der Waals surface area contributed by atoms with Crippen LogP contribution in [0.15, 0.2) is 24.4 Å². The number of hydrogen-bond acceptors (Lipinski definition) is 4. The number of aliphatic hydroxyl groups excluding tert-OH is 2. The van der Waals surface area contributed by atoms with Crippen molar-refractivity contribution in [1.29, 1.82) is 0 Å². The molecule has 1 aliphatic heterocycles. The van der Waals surface area contributed by atoms with E-state index in [9.17, 15) is 10.2 Å². The first-order chi connectivity index (χ1) is 11.6. The third-order valence-corrected chi connectivity index (χ3v) is 5.17. The zero-order chi connectivity index (χ0) is 17.7. The van der Waals surface area contributed by atoms with Crippen LogP contribution in [-0.4, -0.2) is 34.5 Å². The summed E-state index contributed by atoms with van der Waals surface area (Å²) in [4.78, 5) is 0. The lowest BCUT2D eigenvalue weighted by Gasteiger charge is -2.36. The van der Waals surface area contributed by atoms with Crippen molar-refractivity contribution < 1.29 is 10.2 Å². The fourth-order valence-electron chi connectivity index (χ4n) is 3.25. The summed E-state index contributed by atoms with van der Waals surface area (Å²) in [7, 11) is 0. The number of nitrogens with one attached hydrogen (secondary N) is 1. The highest BCUT2D eigenvalue weighted by molar-refractivity contribution is 5.19. The largest absolute Gasteiger partial charge is 0.394 e. The van der Waals surface area contributed by atoms with Crippen LogP contribution in [0.4, 0.5) is 0 Å². The van der Waals surface area contributed by atoms with Gasteiger partial charge in [-0.25, -0.2) is 0 Å². The molecule has 1 atom stereocenters. The summed E-state index contributed by atoms with van der Waals surface area (Å²) >= 11 is 0. The van der Waals surface area contributed by atoms with Crippen LogP contribution in [0.3, 0.4) is 0 Å². The summed E-state index contributed by atoms with van der Waals surface area (Å²) in [5, 5.41) is 22.3. The minimum atomic E-state index is -0.886. The predicted octanol–water partition coefficient (Wildman–Crippen LogP) is 3.39. The van der Waals surface area contributed by atoms with Gasteiger partial charge >= 0.3 is 0 Å². The molecule has 1 heterocycles. The van der Waals surface area contributed by atoms with Crippen LogP contribution in [0, 0.1) is 0 Å². The van der Waals surface area contributed by atoms with Crippen LogP contribution < -0.4 is 11.1 Å². The molecule has 1 rings (SSSR count). The molecule has 0 bridgehead atoms. The molecule has 0 aromatic heterocycles. The first kappa shape index (κ1) is 21.2. The molecular formula is C20H38N2O2. The lowest BCUT2D eigenvalue weighted by molar-refractivity contribution is 0.106. The van der Waals surface area contributed by atoms with Crippen LogP contribution >= 0.6 is 0 Å². The predicted molar refractivity (Wildman–Crippen MR) is 102 cm³/mol. The van der Waals surface area contributed by atoms with Gasteiger partial charge in [-0.05, 0) is 31.5 Å². The maximum atomic E-state index is 9.40. The quantitative estimate of drug-likeness (QED) is 0.366. The molecule has 0 saturated heterocycles. The molecule has 0 radical (unpaired) electrons. The third-order valence-electron chi connectivity index (χ3n) is 5.17. The first-order valence-corrected chi connectivity index (χ1v) is 9.72. The second-order valence-corrected chi connectivity index (χ2v) is 7.42. The number of hydrogen-bond donors (Lipinski definition) is 4. The van der Waals surface area contributed by atoms with Crippen molar-refractivity contribution in [2.75, 3.05) is 13.2 Å². The molecule has 0 saturated carbocycles. The first-order valence-electron chi connectivity index (χ1n) is 9.72. The van der Waals surface area contributed by atoms with E-state index in [1.165, 1.54) is 51.4 Å². The molecule has 4 nitrogen and oxygen atoms in total. The van der Waals surface area contributed by atoms with E-state index in [1.54, 1.807) is 0 Å². The van der Waals surface area contributed by atoms with Crippen molar-refractivity contribution in [2.24, 2.45) is 5.73 Å². The van der Waals surface area contributed by atoms with Gasteiger partial charge < -0.3 is 21.3 Å². The second-order valence-electron chi connectivity index (χ2n) is 7.42. The highest BCUT2D eigenvalue weighted by Crippen LogP contribution is 2.27. The average Bonchev–Trinajstić information content (AvgIpc) is 2.63. The minimum absolute atomic E-state index is 0.0913. The summed E-state index contributed by atoms with van der Waals surface area (Å²) in [5.41, 5.74) is 5.06. The summed E-state index contributed by atoms with van der Waals surface area (Å²) in [6, 6.07) is 0. The topological polar surface area (TPSA) is 78.5 Å². The Morgan fingerprint density at radius 3 is 2.08 bits per heavy atom. The molecule has 24 heavy (non-hydrogen) atoms. The van der Waals surface area contributed by atoms with Crippen molar-refractivity contribution in [2.45, 2.75) is 88.6 Å². The van der Waals surface area contributed by atoms with E-state index in [1.807, 2.05) is 12.3 Å². The van der Waals surface area contributed by atoms with E-state index in [0.717, 1.165) is 12.8 Å². The maximum Gasteiger partial charge on any atom is 0.0633 e. The average molecular weight is 339 g/mol. The molecule has 0 aromatic rings. The molecule has 5 N–H and O–H groups in total. The number of rotatable bonds is 14. The van der Waals surface area contributed by atoms with Crippen LogP contribution in [0.1, 0.15) is 77.6 Å². The molecule has 0 spiro atoms. The number of nitrogens with two attached hydrogens (primary N) is 1. The van der Waals surface area contributed by atoms with Gasteiger partial charge in [0.25, 0.3) is 0 Å². The van der Waals surface area contributed by atoms with Gasteiger partial charge in [0.15, 0.2) is 0 Å². The molecule has 0 aromatic carbocycles. The lowest BCUT2D eigenvalue weighted by atomic mass is 9.81. The van der Waals surface area contributed by atoms with Crippen LogP contribution in [0.25, 0.3) is 0 Å². The molecule has 0 aliphatic carbocycles. The van der Waals surface area contributed by atoms with Crippen molar-refractivity contribution in [3.63, 3.8) is 0 Å².